The molecule has 0 unspecified atom stereocenters. The van der Waals surface area contributed by atoms with Crippen molar-refractivity contribution in [2.45, 2.75) is 6.42 Å². The largest absolute Gasteiger partial charge is 0.496 e. The minimum Gasteiger partial charge on any atom is -0.496 e. The molecule has 0 saturated carbocycles. The Morgan fingerprint density at radius 1 is 1.55 bits per heavy atom. The van der Waals surface area contributed by atoms with Crippen LogP contribution in [0.2, 0.25) is 0 Å². The molecule has 60 valence electrons. The Kier molecular flexibility index (Phi) is 2.42. The second-order valence-electron chi connectivity index (χ2n) is 2.12. The van der Waals surface area contributed by atoms with Crippen molar-refractivity contribution in [1.29, 1.82) is 0 Å². The summed E-state index contributed by atoms with van der Waals surface area (Å²) >= 11 is 2.96. The van der Waals surface area contributed by atoms with Gasteiger partial charge in [0.15, 0.2) is 0 Å². The van der Waals surface area contributed by atoms with E-state index in [4.69, 9.17) is 7.48 Å². The molecule has 0 aliphatic rings. The van der Waals surface area contributed by atoms with Gasteiger partial charge < -0.3 is 4.74 Å². The van der Waals surface area contributed by atoms with Crippen LogP contribution in [0.4, 0.5) is 0 Å². The predicted molar refractivity (Wildman–Crippen MR) is 50.5 cm³/mol. The lowest BCUT2D eigenvalue weighted by Gasteiger charge is -2.05. The maximum absolute atomic E-state index is 7.37. The number of benzene rings is 1. The van der Waals surface area contributed by atoms with Gasteiger partial charge in [-0.1, -0.05) is 34.1 Å². The Bertz CT molecular complexity index is 283. The zero-order valence-corrected chi connectivity index (χ0v) is 7.89. The van der Waals surface area contributed by atoms with E-state index in [0.29, 0.717) is 6.42 Å². The van der Waals surface area contributed by atoms with Crippen LogP contribution in [-0.2, 0) is 6.42 Å². The molecule has 2 heteroatoms. The number of rotatable bonds is 3. The molecular weight excluding hydrogens is 204 g/mol. The highest BCUT2D eigenvalue weighted by Gasteiger charge is 1.98. The van der Waals surface area contributed by atoms with Crippen LogP contribution in [0, 0.1) is 0 Å². The van der Waals surface area contributed by atoms with E-state index >= 15 is 0 Å². The molecule has 1 nitrogen and oxygen atoms in total. The van der Waals surface area contributed by atoms with Crippen molar-refractivity contribution < 1.29 is 7.48 Å². The van der Waals surface area contributed by atoms with Gasteiger partial charge in [-0.15, -0.1) is 0 Å². The van der Waals surface area contributed by atoms with Gasteiger partial charge in [-0.2, -0.15) is 0 Å². The Morgan fingerprint density at radius 2 is 2.27 bits per heavy atom. The van der Waals surface area contributed by atoms with Gasteiger partial charge in [-0.3, -0.25) is 0 Å². The first-order valence-corrected chi connectivity index (χ1v) is 4.13. The first kappa shape index (κ1) is 6.06. The van der Waals surface area contributed by atoms with E-state index in [-0.39, 0.29) is 0 Å². The number of para-hydroxylation sites is 1. The second-order valence-corrected chi connectivity index (χ2v) is 2.68. The Balaban J connectivity index is 2.87. The first-order valence-electron chi connectivity index (χ1n) is 4.34. The van der Waals surface area contributed by atoms with E-state index in [1.165, 1.54) is 0 Å². The highest BCUT2D eigenvalue weighted by molar-refractivity contribution is 9.09. The van der Waals surface area contributed by atoms with Crippen molar-refractivity contribution in [1.82, 2.24) is 0 Å². The summed E-state index contributed by atoms with van der Waals surface area (Å²) in [4.78, 5) is 0. The molecule has 1 aromatic carbocycles. The Hall–Kier alpha value is -0.500. The summed E-state index contributed by atoms with van der Waals surface area (Å²) < 4.78 is 19.8. The fraction of sp³-hybridized carbons (Fsp3) is 0.333. The predicted octanol–water partition coefficient (Wildman–Crippen LogP) is 2.63. The van der Waals surface area contributed by atoms with E-state index < -0.39 is 5.28 Å². The van der Waals surface area contributed by atoms with Crippen molar-refractivity contribution in [2.24, 2.45) is 0 Å². The zero-order chi connectivity index (χ0) is 9.90. The molecule has 0 bridgehead atoms. The van der Waals surface area contributed by atoms with Crippen LogP contribution in [0.15, 0.2) is 24.3 Å². The van der Waals surface area contributed by atoms with Crippen molar-refractivity contribution in [3.63, 3.8) is 0 Å². The van der Waals surface area contributed by atoms with Crippen molar-refractivity contribution >= 4 is 15.9 Å². The number of hydrogen-bond donors (Lipinski definition) is 0. The monoisotopic (exact) mass is 216 g/mol. The Morgan fingerprint density at radius 3 is 2.91 bits per heavy atom. The molecule has 0 spiro atoms. The van der Waals surface area contributed by atoms with Gasteiger partial charge in [0.25, 0.3) is 0 Å². The van der Waals surface area contributed by atoms with Gasteiger partial charge in [0, 0.05) is 8.02 Å². The third kappa shape index (κ3) is 2.22. The lowest BCUT2D eigenvalue weighted by molar-refractivity contribution is 0.410. The van der Waals surface area contributed by atoms with Gasteiger partial charge in [-0.05, 0) is 18.1 Å². The molecular formula is C9H11BrO. The molecule has 0 radical (unpaired) electrons. The number of aryl methyl sites for hydroxylation is 1. The summed E-state index contributed by atoms with van der Waals surface area (Å²) in [5.74, 6) is 0.728. The topological polar surface area (TPSA) is 9.23 Å². The molecule has 0 fully saturated rings. The quantitative estimate of drug-likeness (QED) is 0.707. The molecule has 0 aliphatic heterocycles. The maximum atomic E-state index is 7.37. The minimum absolute atomic E-state index is 0.303. The zero-order valence-electron chi connectivity index (χ0n) is 8.30. The molecule has 1 aromatic rings. The normalized spacial score (nSPS) is 13.6. The summed E-state index contributed by atoms with van der Waals surface area (Å²) in [7, 11) is 1.59. The first-order chi connectivity index (χ1) is 6.03. The fourth-order valence-electron chi connectivity index (χ4n) is 0.921. The molecule has 0 aromatic heterocycles. The molecule has 0 saturated heterocycles. The highest BCUT2D eigenvalue weighted by Crippen LogP contribution is 2.17. The number of ether oxygens (including phenoxy) is 1. The van der Waals surface area contributed by atoms with Crippen LogP contribution in [0.1, 0.15) is 8.30 Å². The van der Waals surface area contributed by atoms with Crippen LogP contribution >= 0.6 is 15.9 Å². The summed E-state index contributed by atoms with van der Waals surface area (Å²) in [6, 6.07) is 7.43. The van der Waals surface area contributed by atoms with Gasteiger partial charge in [0.05, 0.1) is 7.11 Å². The second kappa shape index (κ2) is 4.39. The minimum atomic E-state index is -1.37. The van der Waals surface area contributed by atoms with E-state index in [1.54, 1.807) is 7.11 Å². The van der Waals surface area contributed by atoms with Crippen LogP contribution in [0.25, 0.3) is 0 Å². The summed E-state index contributed by atoms with van der Waals surface area (Å²) in [6.07, 6.45) is 0.303. The summed E-state index contributed by atoms with van der Waals surface area (Å²) in [5.41, 5.74) is 0.867. The van der Waals surface area contributed by atoms with Gasteiger partial charge in [0.2, 0.25) is 0 Å². The van der Waals surface area contributed by atoms with Crippen molar-refractivity contribution in [3.05, 3.63) is 29.8 Å². The molecule has 0 aliphatic carbocycles. The fourth-order valence-corrected chi connectivity index (χ4v) is 1.22. The van der Waals surface area contributed by atoms with Crippen LogP contribution in [0.5, 0.6) is 5.75 Å². The van der Waals surface area contributed by atoms with E-state index in [2.05, 4.69) is 15.9 Å². The van der Waals surface area contributed by atoms with E-state index in [1.807, 2.05) is 24.3 Å². The van der Waals surface area contributed by atoms with Crippen molar-refractivity contribution in [2.75, 3.05) is 12.4 Å². The van der Waals surface area contributed by atoms with Crippen LogP contribution in [-0.4, -0.2) is 12.4 Å². The third-order valence-corrected chi connectivity index (χ3v) is 1.73. The number of hydrogen-bond acceptors (Lipinski definition) is 1. The highest BCUT2D eigenvalue weighted by atomic mass is 79.9. The summed E-state index contributed by atoms with van der Waals surface area (Å²) in [6.45, 7) is 0. The van der Waals surface area contributed by atoms with Gasteiger partial charge in [0.1, 0.15) is 5.75 Å². The maximum Gasteiger partial charge on any atom is 0.122 e. The molecule has 11 heavy (non-hydrogen) atoms. The lowest BCUT2D eigenvalue weighted by atomic mass is 10.1. The van der Waals surface area contributed by atoms with Gasteiger partial charge in [-0.25, -0.2) is 0 Å². The molecule has 0 atom stereocenters. The van der Waals surface area contributed by atoms with Crippen LogP contribution < -0.4 is 4.74 Å². The average Bonchev–Trinajstić information content (AvgIpc) is 2.02. The lowest BCUT2D eigenvalue weighted by Crippen LogP contribution is -1.91. The molecule has 0 heterocycles. The van der Waals surface area contributed by atoms with Crippen LogP contribution in [0.3, 0.4) is 0 Å². The standard InChI is InChI=1S/C9H11BrO/c1-11-9-5-3-2-4-8(9)6-7-10/h2-5H,6-7H2,1H3/i7D2. The number of halogens is 1. The van der Waals surface area contributed by atoms with Gasteiger partial charge >= 0.3 is 0 Å². The smallest absolute Gasteiger partial charge is 0.122 e. The number of alkyl halides is 1. The van der Waals surface area contributed by atoms with Crippen molar-refractivity contribution in [3.8, 4) is 5.75 Å². The van der Waals surface area contributed by atoms with E-state index in [0.717, 1.165) is 11.3 Å². The molecule has 0 N–H and O–H groups in total. The molecule has 0 amide bonds. The SMILES string of the molecule is [2H]C([2H])(Br)Cc1ccccc1OC. The molecule has 1 rings (SSSR count). The third-order valence-electron chi connectivity index (χ3n) is 1.45. The van der Waals surface area contributed by atoms with E-state index in [9.17, 15) is 0 Å². The number of methoxy groups -OCH3 is 1. The average molecular weight is 217 g/mol. The Labute approximate surface area is 78.3 Å². The summed E-state index contributed by atoms with van der Waals surface area (Å²) in [5, 5.41) is -1.37.